The minimum Gasteiger partial charge on any atom is -0.354 e. The van der Waals surface area contributed by atoms with E-state index >= 15 is 0 Å². The Kier molecular flexibility index (Phi) is 3.25. The quantitative estimate of drug-likeness (QED) is 0.796. The second-order valence-corrected chi connectivity index (χ2v) is 7.17. The molecule has 18 heavy (non-hydrogen) atoms. The Labute approximate surface area is 120 Å². The largest absolute Gasteiger partial charge is 0.354 e. The number of anilines is 1. The van der Waals surface area contributed by atoms with Gasteiger partial charge in [0, 0.05) is 34.9 Å². The summed E-state index contributed by atoms with van der Waals surface area (Å²) in [4.78, 5) is 6.65. The number of aromatic nitrogens is 1. The van der Waals surface area contributed by atoms with E-state index < -0.39 is 0 Å². The summed E-state index contributed by atoms with van der Waals surface area (Å²) in [5.41, 5.74) is 1.16. The summed E-state index contributed by atoms with van der Waals surface area (Å²) in [7, 11) is 0. The maximum Gasteiger partial charge on any atom is 0.146 e. The van der Waals surface area contributed by atoms with Crippen LogP contribution >= 0.6 is 27.7 Å². The van der Waals surface area contributed by atoms with Crippen molar-refractivity contribution in [1.82, 2.24) is 4.98 Å². The average Bonchev–Trinajstić information content (AvgIpc) is 2.37. The van der Waals surface area contributed by atoms with Crippen molar-refractivity contribution in [2.45, 2.75) is 12.8 Å². The average molecular weight is 324 g/mol. The van der Waals surface area contributed by atoms with Crippen LogP contribution in [0.2, 0.25) is 0 Å². The van der Waals surface area contributed by atoms with Crippen LogP contribution in [-0.2, 0) is 0 Å². The summed E-state index contributed by atoms with van der Waals surface area (Å²) in [6, 6.07) is 4.09. The third kappa shape index (κ3) is 2.12. The predicted molar refractivity (Wildman–Crippen MR) is 77.9 cm³/mol. The van der Waals surface area contributed by atoms with Crippen molar-refractivity contribution in [3.05, 3.63) is 22.3 Å². The normalized spacial score (nSPS) is 21.4. The van der Waals surface area contributed by atoms with Crippen molar-refractivity contribution in [2.24, 2.45) is 5.41 Å². The maximum absolute atomic E-state index is 9.17. The Morgan fingerprint density at radius 2 is 2.33 bits per heavy atom. The van der Waals surface area contributed by atoms with Crippen molar-refractivity contribution in [3.8, 4) is 6.07 Å². The van der Waals surface area contributed by atoms with Crippen molar-refractivity contribution < 1.29 is 0 Å². The zero-order valence-corrected chi connectivity index (χ0v) is 12.4. The fourth-order valence-corrected chi connectivity index (χ4v) is 4.42. The lowest BCUT2D eigenvalue weighted by Crippen LogP contribution is -2.59. The first-order chi connectivity index (χ1) is 8.72. The van der Waals surface area contributed by atoms with E-state index in [1.165, 1.54) is 24.3 Å². The molecule has 3 heterocycles. The minimum atomic E-state index is 0.490. The second-order valence-electron chi connectivity index (χ2n) is 5.15. The van der Waals surface area contributed by atoms with E-state index in [0.29, 0.717) is 11.0 Å². The van der Waals surface area contributed by atoms with E-state index in [2.05, 4.69) is 43.6 Å². The lowest BCUT2D eigenvalue weighted by molar-refractivity contribution is 0.222. The topological polar surface area (TPSA) is 39.9 Å². The van der Waals surface area contributed by atoms with Gasteiger partial charge in [0.2, 0.25) is 0 Å². The highest BCUT2D eigenvalue weighted by Crippen LogP contribution is 2.44. The summed E-state index contributed by atoms with van der Waals surface area (Å²) in [5.74, 6) is 3.42. The van der Waals surface area contributed by atoms with Crippen molar-refractivity contribution >= 4 is 33.5 Å². The predicted octanol–water partition coefficient (Wildman–Crippen LogP) is 3.05. The van der Waals surface area contributed by atoms with Gasteiger partial charge in [-0.05, 0) is 40.6 Å². The Morgan fingerprint density at radius 1 is 1.50 bits per heavy atom. The van der Waals surface area contributed by atoms with Gasteiger partial charge in [0.25, 0.3) is 0 Å². The molecule has 0 radical (unpaired) electrons. The van der Waals surface area contributed by atoms with E-state index in [9.17, 15) is 5.26 Å². The zero-order chi connectivity index (χ0) is 12.6. The minimum absolute atomic E-state index is 0.490. The van der Waals surface area contributed by atoms with Crippen molar-refractivity contribution in [3.63, 3.8) is 0 Å². The Bertz CT molecular complexity index is 497. The molecule has 94 valence electrons. The summed E-state index contributed by atoms with van der Waals surface area (Å²) in [6.45, 7) is 2.12. The molecule has 2 fully saturated rings. The molecule has 0 aromatic carbocycles. The molecule has 2 saturated heterocycles. The molecule has 3 nitrogen and oxygen atoms in total. The molecule has 3 rings (SSSR count). The number of nitriles is 1. The van der Waals surface area contributed by atoms with E-state index in [1.807, 2.05) is 6.07 Å². The summed E-state index contributed by atoms with van der Waals surface area (Å²) >= 11 is 5.43. The van der Waals surface area contributed by atoms with Gasteiger partial charge in [0.05, 0.1) is 5.56 Å². The van der Waals surface area contributed by atoms with Gasteiger partial charge < -0.3 is 4.90 Å². The van der Waals surface area contributed by atoms with Crippen LogP contribution in [0.25, 0.3) is 0 Å². The molecule has 5 heteroatoms. The first kappa shape index (κ1) is 12.3. The number of pyridine rings is 1. The fraction of sp³-hybridized carbons (Fsp3) is 0.538. The number of halogens is 1. The Morgan fingerprint density at radius 3 is 3.00 bits per heavy atom. The number of rotatable bonds is 1. The monoisotopic (exact) mass is 323 g/mol. The fourth-order valence-electron chi connectivity index (χ4n) is 2.84. The molecule has 0 N–H and O–H groups in total. The molecule has 0 atom stereocenters. The molecule has 2 aliphatic rings. The van der Waals surface area contributed by atoms with Crippen LogP contribution in [0.15, 0.2) is 16.7 Å². The highest BCUT2D eigenvalue weighted by molar-refractivity contribution is 9.10. The molecule has 0 saturated carbocycles. The van der Waals surface area contributed by atoms with Gasteiger partial charge in [-0.2, -0.15) is 17.0 Å². The second kappa shape index (κ2) is 4.75. The lowest BCUT2D eigenvalue weighted by atomic mass is 9.77. The molecule has 0 amide bonds. The molecule has 1 aromatic rings. The zero-order valence-electron chi connectivity index (χ0n) is 10.0. The van der Waals surface area contributed by atoms with Gasteiger partial charge in [0.1, 0.15) is 11.9 Å². The van der Waals surface area contributed by atoms with Crippen LogP contribution in [0.5, 0.6) is 0 Å². The van der Waals surface area contributed by atoms with E-state index in [0.717, 1.165) is 23.4 Å². The molecule has 2 aliphatic heterocycles. The van der Waals surface area contributed by atoms with Crippen LogP contribution in [0.3, 0.4) is 0 Å². The standard InChI is InChI=1S/C13H14BrN3S/c14-11-4-10(5-15)12(16-6-11)17-7-13(8-17)2-1-3-18-9-13/h4,6H,1-3,7-9H2. The third-order valence-electron chi connectivity index (χ3n) is 3.71. The molecule has 0 bridgehead atoms. The van der Waals surface area contributed by atoms with Crippen LogP contribution in [0.4, 0.5) is 5.82 Å². The van der Waals surface area contributed by atoms with Crippen LogP contribution in [-0.4, -0.2) is 29.6 Å². The summed E-state index contributed by atoms with van der Waals surface area (Å²) in [6.07, 6.45) is 4.43. The lowest BCUT2D eigenvalue weighted by Gasteiger charge is -2.52. The maximum atomic E-state index is 9.17. The highest BCUT2D eigenvalue weighted by atomic mass is 79.9. The van der Waals surface area contributed by atoms with Gasteiger partial charge >= 0.3 is 0 Å². The highest BCUT2D eigenvalue weighted by Gasteiger charge is 2.44. The van der Waals surface area contributed by atoms with Crippen LogP contribution in [0, 0.1) is 16.7 Å². The van der Waals surface area contributed by atoms with Gasteiger partial charge in [0.15, 0.2) is 0 Å². The van der Waals surface area contributed by atoms with Gasteiger partial charge in [-0.3, -0.25) is 0 Å². The van der Waals surface area contributed by atoms with Gasteiger partial charge in [-0.1, -0.05) is 0 Å². The van der Waals surface area contributed by atoms with Crippen molar-refractivity contribution in [1.29, 1.82) is 5.26 Å². The van der Waals surface area contributed by atoms with Crippen LogP contribution in [0.1, 0.15) is 18.4 Å². The first-order valence-electron chi connectivity index (χ1n) is 6.11. The number of thioether (sulfide) groups is 1. The summed E-state index contributed by atoms with van der Waals surface area (Å²) < 4.78 is 0.867. The number of hydrogen-bond donors (Lipinski definition) is 0. The molecule has 0 unspecified atom stereocenters. The Hall–Kier alpha value is -0.730. The smallest absolute Gasteiger partial charge is 0.146 e. The molecule has 1 spiro atoms. The van der Waals surface area contributed by atoms with Crippen molar-refractivity contribution in [2.75, 3.05) is 29.5 Å². The third-order valence-corrected chi connectivity index (χ3v) is 5.54. The molecule has 0 aliphatic carbocycles. The van der Waals surface area contributed by atoms with E-state index in [4.69, 9.17) is 0 Å². The van der Waals surface area contributed by atoms with Gasteiger partial charge in [-0.25, -0.2) is 4.98 Å². The molecular formula is C13H14BrN3S. The van der Waals surface area contributed by atoms with Crippen LogP contribution < -0.4 is 4.90 Å². The number of hydrogen-bond acceptors (Lipinski definition) is 4. The van der Waals surface area contributed by atoms with Gasteiger partial charge in [-0.15, -0.1) is 0 Å². The first-order valence-corrected chi connectivity index (χ1v) is 8.06. The summed E-state index contributed by atoms with van der Waals surface area (Å²) in [5, 5.41) is 9.17. The van der Waals surface area contributed by atoms with E-state index in [1.54, 1.807) is 6.20 Å². The molecule has 1 aromatic heterocycles. The molecular weight excluding hydrogens is 310 g/mol. The SMILES string of the molecule is N#Cc1cc(Br)cnc1N1CC2(CCCSC2)C1. The van der Waals surface area contributed by atoms with E-state index in [-0.39, 0.29) is 0 Å². The number of nitrogens with zero attached hydrogens (tertiary/aromatic N) is 3. The Balaban J connectivity index is 1.77.